The number of carbonyl (C=O) groups excluding carboxylic acids is 1. The van der Waals surface area contributed by atoms with Crippen molar-refractivity contribution in [1.29, 1.82) is 0 Å². The van der Waals surface area contributed by atoms with Crippen molar-refractivity contribution in [2.24, 2.45) is 0 Å². The van der Waals surface area contributed by atoms with E-state index in [0.29, 0.717) is 48.1 Å². The quantitative estimate of drug-likeness (QED) is 0.319. The number of halogens is 2. The lowest BCUT2D eigenvalue weighted by Gasteiger charge is -2.29. The summed E-state index contributed by atoms with van der Waals surface area (Å²) in [6.45, 7) is 0.704. The first kappa shape index (κ1) is 25.7. The van der Waals surface area contributed by atoms with Gasteiger partial charge >= 0.3 is 6.03 Å². The van der Waals surface area contributed by atoms with Crippen LogP contribution >= 0.6 is 0 Å². The van der Waals surface area contributed by atoms with Crippen molar-refractivity contribution < 1.29 is 18.3 Å². The number of amides is 2. The van der Waals surface area contributed by atoms with Crippen molar-refractivity contribution in [3.05, 3.63) is 106 Å². The summed E-state index contributed by atoms with van der Waals surface area (Å²) in [6.07, 6.45) is 0.343. The van der Waals surface area contributed by atoms with Crippen molar-refractivity contribution in [3.63, 3.8) is 0 Å². The Labute approximate surface area is 222 Å². The number of nitrogen functional groups attached to an aromatic ring is 1. The van der Waals surface area contributed by atoms with Crippen LogP contribution in [0.4, 0.5) is 30.9 Å². The molecule has 9 nitrogen and oxygen atoms in total. The van der Waals surface area contributed by atoms with Crippen LogP contribution in [0.2, 0.25) is 0 Å². The van der Waals surface area contributed by atoms with Gasteiger partial charge in [0.2, 0.25) is 5.95 Å². The highest BCUT2D eigenvalue weighted by atomic mass is 19.2. The number of rotatable bonds is 6. The summed E-state index contributed by atoms with van der Waals surface area (Å²) >= 11 is 0. The van der Waals surface area contributed by atoms with Crippen LogP contribution in [0.1, 0.15) is 16.8 Å². The standard InChI is InChI=1S/C28H26F2N6O3/c1-39-21-9-2-17(3-10-21)15-32-27-34-25-12-13-35(28(38)33-19-6-11-23(29)24(30)14-19)16-22(25)26(37)36(27)20-7-4-18(31)5-8-20/h2-11,14H,12-13,15-16,31H2,1H3,(H,32,34)(H,33,38). The number of carbonyl (C=O) groups is 1. The summed E-state index contributed by atoms with van der Waals surface area (Å²) in [5.74, 6) is -0.978. The molecule has 1 aliphatic rings. The van der Waals surface area contributed by atoms with Gasteiger partial charge in [-0.2, -0.15) is 0 Å². The molecule has 39 heavy (non-hydrogen) atoms. The molecular weight excluding hydrogens is 506 g/mol. The van der Waals surface area contributed by atoms with Crippen LogP contribution in [0.3, 0.4) is 0 Å². The van der Waals surface area contributed by atoms with Gasteiger partial charge in [0.1, 0.15) is 5.75 Å². The zero-order valence-electron chi connectivity index (χ0n) is 21.1. The number of aromatic nitrogens is 2. The van der Waals surface area contributed by atoms with Gasteiger partial charge in [0.15, 0.2) is 11.6 Å². The minimum absolute atomic E-state index is 0.00437. The Bertz CT molecular complexity index is 1570. The van der Waals surface area contributed by atoms with Crippen LogP contribution in [0.15, 0.2) is 71.5 Å². The van der Waals surface area contributed by atoms with Crippen LogP contribution in [-0.4, -0.2) is 34.1 Å². The third kappa shape index (κ3) is 5.52. The highest BCUT2D eigenvalue weighted by molar-refractivity contribution is 5.89. The Kier molecular flexibility index (Phi) is 7.13. The number of nitrogens with zero attached hydrogens (tertiary/aromatic N) is 3. The van der Waals surface area contributed by atoms with Gasteiger partial charge in [-0.1, -0.05) is 12.1 Å². The second-order valence-electron chi connectivity index (χ2n) is 9.02. The van der Waals surface area contributed by atoms with Gasteiger partial charge in [-0.25, -0.2) is 23.1 Å². The van der Waals surface area contributed by atoms with Crippen molar-refractivity contribution >= 4 is 23.4 Å². The molecule has 4 aromatic rings. The molecule has 0 fully saturated rings. The average Bonchev–Trinajstić information content (AvgIpc) is 2.95. The second-order valence-corrected chi connectivity index (χ2v) is 9.02. The number of urea groups is 1. The van der Waals surface area contributed by atoms with Crippen LogP contribution < -0.4 is 26.7 Å². The number of benzene rings is 3. The van der Waals surface area contributed by atoms with E-state index in [1.54, 1.807) is 31.4 Å². The SMILES string of the molecule is COc1ccc(CNc2nc3c(c(=O)n2-c2ccc(N)cc2)CN(C(=O)Nc2ccc(F)c(F)c2)CC3)cc1. The summed E-state index contributed by atoms with van der Waals surface area (Å²) in [7, 11) is 1.60. The van der Waals surface area contributed by atoms with E-state index in [9.17, 15) is 18.4 Å². The normalized spacial score (nSPS) is 12.5. The van der Waals surface area contributed by atoms with E-state index in [4.69, 9.17) is 15.5 Å². The van der Waals surface area contributed by atoms with Crippen LogP contribution in [0, 0.1) is 11.6 Å². The zero-order chi connectivity index (χ0) is 27.5. The van der Waals surface area contributed by atoms with Crippen molar-refractivity contribution in [2.45, 2.75) is 19.5 Å². The van der Waals surface area contributed by atoms with Gasteiger partial charge in [-0.3, -0.25) is 4.79 Å². The van der Waals surface area contributed by atoms with E-state index in [-0.39, 0.29) is 17.8 Å². The summed E-state index contributed by atoms with van der Waals surface area (Å²) in [6, 6.07) is 16.9. The first-order valence-corrected chi connectivity index (χ1v) is 12.2. The van der Waals surface area contributed by atoms with E-state index in [0.717, 1.165) is 23.4 Å². The van der Waals surface area contributed by atoms with E-state index in [1.807, 2.05) is 24.3 Å². The Balaban J connectivity index is 1.44. The Morgan fingerprint density at radius 2 is 1.79 bits per heavy atom. The fourth-order valence-electron chi connectivity index (χ4n) is 4.33. The summed E-state index contributed by atoms with van der Waals surface area (Å²) in [4.78, 5) is 32.9. The maximum Gasteiger partial charge on any atom is 0.322 e. The highest BCUT2D eigenvalue weighted by Crippen LogP contribution is 2.22. The predicted molar refractivity (Wildman–Crippen MR) is 144 cm³/mol. The molecule has 0 bridgehead atoms. The minimum atomic E-state index is -1.07. The highest BCUT2D eigenvalue weighted by Gasteiger charge is 2.27. The molecular formula is C28H26F2N6O3. The zero-order valence-corrected chi connectivity index (χ0v) is 21.1. The van der Waals surface area contributed by atoms with Gasteiger partial charge in [0.05, 0.1) is 30.6 Å². The number of hydrogen-bond acceptors (Lipinski definition) is 6. The lowest BCUT2D eigenvalue weighted by Crippen LogP contribution is -2.43. The van der Waals surface area contributed by atoms with E-state index < -0.39 is 17.7 Å². The molecule has 0 spiro atoms. The first-order chi connectivity index (χ1) is 18.8. The molecule has 1 aliphatic heterocycles. The van der Waals surface area contributed by atoms with Crippen molar-refractivity contribution in [2.75, 3.05) is 30.0 Å². The molecule has 11 heteroatoms. The van der Waals surface area contributed by atoms with Crippen LogP contribution in [-0.2, 0) is 19.5 Å². The van der Waals surface area contributed by atoms with E-state index in [2.05, 4.69) is 10.6 Å². The summed E-state index contributed by atoms with van der Waals surface area (Å²) < 4.78 is 33.5. The van der Waals surface area contributed by atoms with Gasteiger partial charge in [0.25, 0.3) is 5.56 Å². The molecule has 2 amide bonds. The number of methoxy groups -OCH3 is 1. The first-order valence-electron chi connectivity index (χ1n) is 12.2. The van der Waals surface area contributed by atoms with Gasteiger partial charge < -0.3 is 26.0 Å². The fourth-order valence-corrected chi connectivity index (χ4v) is 4.33. The summed E-state index contributed by atoms with van der Waals surface area (Å²) in [5.41, 5.74) is 8.67. The van der Waals surface area contributed by atoms with Crippen LogP contribution in [0.5, 0.6) is 5.75 Å². The molecule has 5 rings (SSSR count). The molecule has 0 saturated heterocycles. The lowest BCUT2D eigenvalue weighted by atomic mass is 10.1. The molecule has 4 N–H and O–H groups in total. The van der Waals surface area contributed by atoms with Gasteiger partial charge in [0, 0.05) is 37.0 Å². The molecule has 2 heterocycles. The molecule has 0 aliphatic carbocycles. The smallest absolute Gasteiger partial charge is 0.322 e. The fraction of sp³-hybridized carbons (Fsp3) is 0.179. The number of hydrogen-bond donors (Lipinski definition) is 3. The Hall–Kier alpha value is -4.93. The molecule has 0 unspecified atom stereocenters. The Morgan fingerprint density at radius 3 is 2.49 bits per heavy atom. The van der Waals surface area contributed by atoms with Crippen molar-refractivity contribution in [1.82, 2.24) is 14.5 Å². The summed E-state index contributed by atoms with van der Waals surface area (Å²) in [5, 5.41) is 5.82. The third-order valence-corrected chi connectivity index (χ3v) is 6.45. The van der Waals surface area contributed by atoms with Gasteiger partial charge in [-0.15, -0.1) is 0 Å². The number of nitrogens with two attached hydrogens (primary N) is 1. The van der Waals surface area contributed by atoms with Crippen LogP contribution in [0.25, 0.3) is 5.69 Å². The molecule has 0 saturated carbocycles. The minimum Gasteiger partial charge on any atom is -0.497 e. The third-order valence-electron chi connectivity index (χ3n) is 6.45. The molecule has 0 radical (unpaired) electrons. The molecule has 1 aromatic heterocycles. The number of anilines is 3. The maximum absolute atomic E-state index is 13.8. The largest absolute Gasteiger partial charge is 0.497 e. The molecule has 0 atom stereocenters. The topological polar surface area (TPSA) is 115 Å². The van der Waals surface area contributed by atoms with E-state index in [1.165, 1.54) is 15.5 Å². The average molecular weight is 533 g/mol. The van der Waals surface area contributed by atoms with Crippen molar-refractivity contribution in [3.8, 4) is 11.4 Å². The van der Waals surface area contributed by atoms with Gasteiger partial charge in [-0.05, 0) is 54.1 Å². The number of fused-ring (bicyclic) bond motifs is 1. The maximum atomic E-state index is 13.8. The Morgan fingerprint density at radius 1 is 1.05 bits per heavy atom. The molecule has 3 aromatic carbocycles. The number of nitrogens with one attached hydrogen (secondary N) is 2. The molecule has 200 valence electrons. The van der Waals surface area contributed by atoms with E-state index >= 15 is 0 Å². The predicted octanol–water partition coefficient (Wildman–Crippen LogP) is 4.30. The lowest BCUT2D eigenvalue weighted by molar-refractivity contribution is 0.205. The second kappa shape index (κ2) is 10.8. The number of ether oxygens (including phenoxy) is 1. The monoisotopic (exact) mass is 532 g/mol.